The molecule has 119 heavy (non-hydrogen) atoms. The summed E-state index contributed by atoms with van der Waals surface area (Å²) in [6.07, 6.45) is 0. The summed E-state index contributed by atoms with van der Waals surface area (Å²) in [5, 5.41) is 7.41. The average molecular weight is 1570 g/mol. The fourth-order valence-electron chi connectivity index (χ4n) is 20.1. The molecule has 0 bridgehead atoms. The summed E-state index contributed by atoms with van der Waals surface area (Å²) in [5.74, 6) is 0. The number of anilines is 18. The van der Waals surface area contributed by atoms with Gasteiger partial charge in [-0.05, 0) is 189 Å². The predicted molar refractivity (Wildman–Crippen MR) is 513 cm³/mol. The first-order valence-corrected chi connectivity index (χ1v) is 43.2. The molecule has 7 heterocycles. The number of fused-ring (bicyclic) bond motifs is 17. The second-order valence-corrected chi connectivity index (χ2v) is 34.5. The third kappa shape index (κ3) is 10.4. The van der Waals surface area contributed by atoms with E-state index in [0.29, 0.717) is 0 Å². The number of thiophene rings is 3. The molecule has 0 saturated heterocycles. The van der Waals surface area contributed by atoms with Crippen molar-refractivity contribution < 1.29 is 0 Å². The zero-order valence-corrected chi connectivity index (χ0v) is 66.8. The number of rotatable bonds is 12. The van der Waals surface area contributed by atoms with Gasteiger partial charge in [0.25, 0.3) is 13.4 Å². The van der Waals surface area contributed by atoms with Crippen LogP contribution in [-0.4, -0.2) is 13.4 Å². The highest BCUT2D eigenvalue weighted by Crippen LogP contribution is 2.57. The third-order valence-electron chi connectivity index (χ3n) is 24.9. The molecule has 0 fully saturated rings. The largest absolute Gasteiger partial charge is 0.311 e. The molecule has 0 spiro atoms. The molecule has 6 nitrogen and oxygen atoms in total. The fraction of sp³-hybridized carbons (Fsp3) is 0. The van der Waals surface area contributed by atoms with E-state index in [0.717, 1.165) is 125 Å². The van der Waals surface area contributed by atoms with Crippen LogP contribution < -0.4 is 62.2 Å². The van der Waals surface area contributed by atoms with Crippen molar-refractivity contribution in [1.29, 1.82) is 0 Å². The van der Waals surface area contributed by atoms with Crippen LogP contribution in [0.5, 0.6) is 0 Å². The van der Waals surface area contributed by atoms with Crippen LogP contribution in [0.2, 0.25) is 0 Å². The van der Waals surface area contributed by atoms with Crippen LogP contribution in [0.1, 0.15) is 0 Å². The van der Waals surface area contributed by atoms with Crippen molar-refractivity contribution in [2.24, 2.45) is 0 Å². The maximum atomic E-state index is 2.71. The van der Waals surface area contributed by atoms with Crippen LogP contribution >= 0.6 is 34.0 Å². The summed E-state index contributed by atoms with van der Waals surface area (Å²) in [5.41, 5.74) is 31.6. The lowest BCUT2D eigenvalue weighted by molar-refractivity contribution is 1.22. The van der Waals surface area contributed by atoms with E-state index < -0.39 is 0 Å². The average Bonchev–Trinajstić information content (AvgIpc) is 1.01. The molecule has 0 atom stereocenters. The molecule has 11 heteroatoms. The molecule has 0 aliphatic carbocycles. The van der Waals surface area contributed by atoms with Gasteiger partial charge in [0, 0.05) is 140 Å². The Kier molecular flexibility index (Phi) is 15.4. The summed E-state index contributed by atoms with van der Waals surface area (Å²) < 4.78 is 7.49. The molecule has 0 radical (unpaired) electrons. The first kappa shape index (κ1) is 67.8. The lowest BCUT2D eigenvalue weighted by Gasteiger charge is -2.48. The van der Waals surface area contributed by atoms with Gasteiger partial charge in [0.05, 0.1) is 34.1 Å². The minimum absolute atomic E-state index is 0.259. The standard InChI is InChI=1S/C108H68B2N6S3/c1-7-33-69(34-8-1)77-48-29-49-78(70-35-9-2-10-36-70)108(77)112(72-39-13-4-14-40-72)76-65-94-107-95(66-76)115(89-55-31-61-101-104(89)80-46-20-27-58-98(80)118-101)87-53-25-23-51-83(87)110(107)84-67-85-92(68-91(84)114(94)74-43-17-6-18-44-74)116(90-56-32-62-102-105(90)81-47-21-28-59-99(81)119-102)96-64-75(63-93-106(96)109(85)82-50-22-24-52-86(82)113(93)73-41-15-5-16-42-73)111(71-37-11-3-12-38-71)88-54-30-60-100-103(88)79-45-19-26-57-97(79)117-100/h1-68H. The number of nitrogens with zero attached hydrogens (tertiary/aromatic N) is 6. The predicted octanol–water partition coefficient (Wildman–Crippen LogP) is 27.2. The third-order valence-corrected chi connectivity index (χ3v) is 28.3. The van der Waals surface area contributed by atoms with Crippen LogP contribution in [0.15, 0.2) is 413 Å². The highest BCUT2D eigenvalue weighted by atomic mass is 32.1. The zero-order chi connectivity index (χ0) is 77.9. The van der Waals surface area contributed by atoms with Crippen molar-refractivity contribution in [1.82, 2.24) is 0 Å². The van der Waals surface area contributed by atoms with Gasteiger partial charge in [-0.1, -0.05) is 267 Å². The SMILES string of the molecule is c1ccc(-c2cccc(-c3ccccc3)c2N(c2ccccc2)c2cc3c4c(c2)N(c2cccc5sc6ccccc6c25)c2ccccc2B4c2cc4c(cc2N3c2ccccc2)N(c2cccc3sc5ccccc5c23)c2cc(N(c3ccccc3)c3cccc5sc6ccccc6c35)cc3c2B4c2ccccc2N3c2ccccc2)cc1. The molecule has 0 amide bonds. The maximum absolute atomic E-state index is 2.71. The Bertz CT molecular complexity index is 7630. The number of benzene rings is 18. The van der Waals surface area contributed by atoms with E-state index in [1.807, 2.05) is 34.0 Å². The smallest absolute Gasteiger partial charge is 0.252 e. The van der Waals surface area contributed by atoms with E-state index in [4.69, 9.17) is 0 Å². The molecule has 25 rings (SSSR count). The van der Waals surface area contributed by atoms with Crippen molar-refractivity contribution >= 4 is 243 Å². The van der Waals surface area contributed by atoms with Gasteiger partial charge in [0.15, 0.2) is 0 Å². The van der Waals surface area contributed by atoms with Gasteiger partial charge in [0.1, 0.15) is 0 Å². The maximum Gasteiger partial charge on any atom is 0.252 e. The zero-order valence-electron chi connectivity index (χ0n) is 64.3. The second kappa shape index (κ2) is 27.1. The molecular weight excluding hydrogens is 1500 g/mol. The first-order valence-electron chi connectivity index (χ1n) is 40.8. The van der Waals surface area contributed by atoms with Gasteiger partial charge in [-0.3, -0.25) is 0 Å². The second-order valence-electron chi connectivity index (χ2n) is 31.3. The normalized spacial score (nSPS) is 12.9. The molecule has 0 unspecified atom stereocenters. The Hall–Kier alpha value is -14.5. The Morgan fingerprint density at radius 1 is 0.210 bits per heavy atom. The van der Waals surface area contributed by atoms with E-state index in [1.54, 1.807) is 0 Å². The number of para-hydroxylation sites is 7. The van der Waals surface area contributed by atoms with Crippen molar-refractivity contribution in [3.63, 3.8) is 0 Å². The topological polar surface area (TPSA) is 19.4 Å². The minimum Gasteiger partial charge on any atom is -0.311 e. The first-order chi connectivity index (χ1) is 59.1. The monoisotopic (exact) mass is 1570 g/mol. The van der Waals surface area contributed by atoms with Crippen LogP contribution in [0, 0.1) is 0 Å². The Morgan fingerprint density at radius 2 is 0.546 bits per heavy atom. The van der Waals surface area contributed by atoms with E-state index in [9.17, 15) is 0 Å². The van der Waals surface area contributed by atoms with Crippen molar-refractivity contribution in [2.45, 2.75) is 0 Å². The van der Waals surface area contributed by atoms with Crippen molar-refractivity contribution in [2.75, 3.05) is 29.4 Å². The Balaban J connectivity index is 0.829. The molecule has 554 valence electrons. The van der Waals surface area contributed by atoms with Gasteiger partial charge in [-0.15, -0.1) is 34.0 Å². The molecule has 4 aliphatic rings. The molecule has 0 saturated carbocycles. The number of hydrogen-bond acceptors (Lipinski definition) is 9. The van der Waals surface area contributed by atoms with Crippen LogP contribution in [0.25, 0.3) is 82.8 Å². The molecule has 21 aromatic rings. The quantitative estimate of drug-likeness (QED) is 0.113. The summed E-state index contributed by atoms with van der Waals surface area (Å²) in [6.45, 7) is -0.538. The van der Waals surface area contributed by atoms with Gasteiger partial charge >= 0.3 is 0 Å². The lowest BCUT2D eigenvalue weighted by Crippen LogP contribution is -2.65. The summed E-state index contributed by atoms with van der Waals surface area (Å²) in [7, 11) is 0. The van der Waals surface area contributed by atoms with E-state index in [1.165, 1.54) is 93.3 Å². The summed E-state index contributed by atoms with van der Waals surface area (Å²) in [6, 6.07) is 156. The van der Waals surface area contributed by atoms with Crippen LogP contribution in [0.3, 0.4) is 0 Å². The van der Waals surface area contributed by atoms with Gasteiger partial charge < -0.3 is 29.4 Å². The summed E-state index contributed by atoms with van der Waals surface area (Å²) >= 11 is 5.61. The molecule has 0 N–H and O–H groups in total. The highest BCUT2D eigenvalue weighted by Gasteiger charge is 2.50. The lowest BCUT2D eigenvalue weighted by atomic mass is 9.30. The Labute approximate surface area is 701 Å². The molecule has 18 aromatic carbocycles. The Morgan fingerprint density at radius 3 is 1.04 bits per heavy atom. The molecule has 4 aliphatic heterocycles. The van der Waals surface area contributed by atoms with Gasteiger partial charge in [0.2, 0.25) is 0 Å². The number of hydrogen-bond donors (Lipinski definition) is 0. The highest BCUT2D eigenvalue weighted by molar-refractivity contribution is 7.26. The van der Waals surface area contributed by atoms with Crippen LogP contribution in [-0.2, 0) is 0 Å². The fourth-order valence-corrected chi connectivity index (χ4v) is 23.5. The minimum atomic E-state index is -0.280. The van der Waals surface area contributed by atoms with E-state index in [2.05, 4.69) is 442 Å². The summed E-state index contributed by atoms with van der Waals surface area (Å²) in [4.78, 5) is 15.7. The van der Waals surface area contributed by atoms with Gasteiger partial charge in [-0.25, -0.2) is 0 Å². The van der Waals surface area contributed by atoms with Gasteiger partial charge in [-0.2, -0.15) is 0 Å². The van der Waals surface area contributed by atoms with Crippen LogP contribution in [0.4, 0.5) is 102 Å². The van der Waals surface area contributed by atoms with E-state index in [-0.39, 0.29) is 13.4 Å². The van der Waals surface area contributed by atoms with E-state index >= 15 is 0 Å². The molecule has 3 aromatic heterocycles. The van der Waals surface area contributed by atoms with Crippen molar-refractivity contribution in [3.8, 4) is 22.3 Å². The van der Waals surface area contributed by atoms with Crippen molar-refractivity contribution in [3.05, 3.63) is 413 Å². The molecular formula is C108H68B2N6S3.